The Balaban J connectivity index is 2.26. The summed E-state index contributed by atoms with van der Waals surface area (Å²) in [5.41, 5.74) is 4.56. The molecule has 0 unspecified atom stereocenters. The first-order chi connectivity index (χ1) is 6.70. The summed E-state index contributed by atoms with van der Waals surface area (Å²) < 4.78 is 0. The Hall–Kier alpha value is -1.07. The molecule has 4 nitrogen and oxygen atoms in total. The van der Waals surface area contributed by atoms with Gasteiger partial charge in [0.15, 0.2) is 0 Å². The Morgan fingerprint density at radius 2 is 2.50 bits per heavy atom. The zero-order valence-corrected chi connectivity index (χ0v) is 8.50. The molecule has 0 aromatic carbocycles. The van der Waals surface area contributed by atoms with Gasteiger partial charge in [-0.15, -0.1) is 0 Å². The molecule has 14 heavy (non-hydrogen) atoms. The Kier molecular flexibility index (Phi) is 4.42. The van der Waals surface area contributed by atoms with Gasteiger partial charge in [-0.05, 0) is 11.6 Å². The Morgan fingerprint density at radius 3 is 3.07 bits per heavy atom. The summed E-state index contributed by atoms with van der Waals surface area (Å²) in [6.45, 7) is 0. The first-order valence-corrected chi connectivity index (χ1v) is 5.36. The van der Waals surface area contributed by atoms with Gasteiger partial charge in [-0.1, -0.05) is 6.07 Å². The maximum Gasteiger partial charge on any atom is 0.134 e. The molecule has 3 N–H and O–H groups in total. The lowest BCUT2D eigenvalue weighted by Gasteiger charge is -2.08. The first-order valence-electron chi connectivity index (χ1n) is 4.20. The molecule has 1 rings (SSSR count). The van der Waals surface area contributed by atoms with Gasteiger partial charge < -0.3 is 15.6 Å². The fourth-order valence-electron chi connectivity index (χ4n) is 0.871. The predicted molar refractivity (Wildman–Crippen MR) is 52.1 cm³/mol. The van der Waals surface area contributed by atoms with Crippen molar-refractivity contribution in [1.82, 2.24) is 4.98 Å². The zero-order valence-electron chi connectivity index (χ0n) is 7.68. The molecular formula is C9H12N2O2S. The molecule has 0 saturated heterocycles. The summed E-state index contributed by atoms with van der Waals surface area (Å²) in [6.07, 6.45) is 3.48. The largest absolute Gasteiger partial charge is 0.544 e. The van der Waals surface area contributed by atoms with Crippen molar-refractivity contribution in [2.75, 3.05) is 5.75 Å². The minimum atomic E-state index is -1.09. The van der Waals surface area contributed by atoms with Crippen LogP contribution in [-0.2, 0) is 10.5 Å². The standard InChI is InChI=1S/C9H12N2O2S/c10-8(9(12)13)6-14-5-7-2-1-3-11-4-7/h1-4,8H,5-6,10H2,(H,12,13)/t8-/m0/s1. The van der Waals surface area contributed by atoms with Crippen molar-refractivity contribution >= 4 is 17.7 Å². The van der Waals surface area contributed by atoms with Crippen molar-refractivity contribution in [2.24, 2.45) is 0 Å². The molecule has 0 aliphatic carbocycles. The predicted octanol–water partition coefficient (Wildman–Crippen LogP) is -1.32. The molecule has 0 radical (unpaired) electrons. The lowest BCUT2D eigenvalue weighted by Crippen LogP contribution is -2.69. The normalized spacial score (nSPS) is 12.4. The molecular weight excluding hydrogens is 200 g/mol. The number of carbonyl (C=O) groups is 1. The number of carbonyl (C=O) groups excluding carboxylic acids is 1. The summed E-state index contributed by atoms with van der Waals surface area (Å²) in [5, 5.41) is 10.3. The minimum absolute atomic E-state index is 0.469. The number of carboxylic acid groups (broad SMARTS) is 1. The lowest BCUT2D eigenvalue weighted by atomic mass is 10.3. The monoisotopic (exact) mass is 212 g/mol. The number of hydrogen-bond acceptors (Lipinski definition) is 4. The van der Waals surface area contributed by atoms with Crippen LogP contribution in [0, 0.1) is 0 Å². The number of pyridine rings is 1. The fraction of sp³-hybridized carbons (Fsp3) is 0.333. The van der Waals surface area contributed by atoms with E-state index < -0.39 is 12.0 Å². The van der Waals surface area contributed by atoms with Gasteiger partial charge in [0.25, 0.3) is 0 Å². The molecule has 5 heteroatoms. The van der Waals surface area contributed by atoms with Crippen molar-refractivity contribution in [3.63, 3.8) is 0 Å². The molecule has 0 spiro atoms. The zero-order chi connectivity index (χ0) is 10.4. The highest BCUT2D eigenvalue weighted by Gasteiger charge is 2.06. The highest BCUT2D eigenvalue weighted by Crippen LogP contribution is 2.10. The van der Waals surface area contributed by atoms with Crippen LogP contribution in [-0.4, -0.2) is 22.7 Å². The molecule has 0 aliphatic heterocycles. The van der Waals surface area contributed by atoms with Gasteiger partial charge >= 0.3 is 0 Å². The molecule has 1 heterocycles. The van der Waals surface area contributed by atoms with E-state index >= 15 is 0 Å². The van der Waals surface area contributed by atoms with Crippen LogP contribution in [0.5, 0.6) is 0 Å². The molecule has 1 aromatic rings. The first kappa shape index (κ1) is 11.0. The van der Waals surface area contributed by atoms with Gasteiger partial charge in [0.2, 0.25) is 0 Å². The van der Waals surface area contributed by atoms with Crippen LogP contribution >= 0.6 is 11.8 Å². The van der Waals surface area contributed by atoms with Gasteiger partial charge in [0, 0.05) is 18.1 Å². The number of carboxylic acids is 1. The third-order valence-electron chi connectivity index (χ3n) is 1.64. The molecule has 0 aliphatic rings. The third kappa shape index (κ3) is 3.76. The number of rotatable bonds is 5. The third-order valence-corrected chi connectivity index (χ3v) is 2.82. The van der Waals surface area contributed by atoms with Crippen molar-refractivity contribution in [2.45, 2.75) is 11.8 Å². The second kappa shape index (κ2) is 5.62. The van der Waals surface area contributed by atoms with E-state index in [1.54, 1.807) is 12.4 Å². The molecule has 76 valence electrons. The smallest absolute Gasteiger partial charge is 0.134 e. The topological polar surface area (TPSA) is 80.7 Å². The van der Waals surface area contributed by atoms with Crippen LogP contribution in [0.15, 0.2) is 24.5 Å². The van der Waals surface area contributed by atoms with Gasteiger partial charge in [-0.25, -0.2) is 0 Å². The van der Waals surface area contributed by atoms with Gasteiger partial charge in [0.05, 0.1) is 11.7 Å². The maximum atomic E-state index is 10.3. The maximum absolute atomic E-state index is 10.3. The summed E-state index contributed by atoms with van der Waals surface area (Å²) >= 11 is 1.52. The van der Waals surface area contributed by atoms with Gasteiger partial charge in [0.1, 0.15) is 6.04 Å². The van der Waals surface area contributed by atoms with Gasteiger partial charge in [-0.2, -0.15) is 11.8 Å². The summed E-state index contributed by atoms with van der Waals surface area (Å²) in [7, 11) is 0. The number of thioether (sulfide) groups is 1. The number of nitrogens with zero attached hydrogens (tertiary/aromatic N) is 1. The van der Waals surface area contributed by atoms with E-state index in [4.69, 9.17) is 0 Å². The highest BCUT2D eigenvalue weighted by atomic mass is 32.2. The van der Waals surface area contributed by atoms with Crippen molar-refractivity contribution < 1.29 is 15.6 Å². The van der Waals surface area contributed by atoms with E-state index in [2.05, 4.69) is 10.7 Å². The average molecular weight is 212 g/mol. The molecule has 1 atom stereocenters. The van der Waals surface area contributed by atoms with E-state index in [1.807, 2.05) is 12.1 Å². The van der Waals surface area contributed by atoms with Crippen LogP contribution in [0.25, 0.3) is 0 Å². The molecule has 0 bridgehead atoms. The number of quaternary nitrogens is 1. The molecule has 1 aromatic heterocycles. The van der Waals surface area contributed by atoms with Crippen LogP contribution in [0.4, 0.5) is 0 Å². The van der Waals surface area contributed by atoms with Crippen LogP contribution < -0.4 is 10.8 Å². The van der Waals surface area contributed by atoms with Crippen molar-refractivity contribution in [1.29, 1.82) is 0 Å². The van der Waals surface area contributed by atoms with Gasteiger partial charge in [-0.3, -0.25) is 4.98 Å². The van der Waals surface area contributed by atoms with Crippen LogP contribution in [0.2, 0.25) is 0 Å². The SMILES string of the molecule is [NH3+][C@@H](CSCc1cccnc1)C(=O)[O-]. The number of aliphatic carboxylic acids is 1. The highest BCUT2D eigenvalue weighted by molar-refractivity contribution is 7.98. The number of hydrogen-bond donors (Lipinski definition) is 1. The Morgan fingerprint density at radius 1 is 1.71 bits per heavy atom. The Labute approximate surface area is 86.5 Å². The van der Waals surface area contributed by atoms with E-state index in [9.17, 15) is 9.90 Å². The minimum Gasteiger partial charge on any atom is -0.544 e. The van der Waals surface area contributed by atoms with E-state index in [0.717, 1.165) is 11.3 Å². The van der Waals surface area contributed by atoms with Crippen molar-refractivity contribution in [3.8, 4) is 0 Å². The number of aromatic nitrogens is 1. The summed E-state index contributed by atoms with van der Waals surface area (Å²) in [6, 6.07) is 3.17. The summed E-state index contributed by atoms with van der Waals surface area (Å²) in [5.74, 6) is 0.133. The van der Waals surface area contributed by atoms with Crippen LogP contribution in [0.3, 0.4) is 0 Å². The Bertz CT molecular complexity index is 292. The van der Waals surface area contributed by atoms with E-state index in [0.29, 0.717) is 5.75 Å². The second-order valence-electron chi connectivity index (χ2n) is 2.89. The second-order valence-corrected chi connectivity index (χ2v) is 3.92. The average Bonchev–Trinajstić information content (AvgIpc) is 2.19. The molecule has 0 fully saturated rings. The summed E-state index contributed by atoms with van der Waals surface area (Å²) in [4.78, 5) is 14.3. The van der Waals surface area contributed by atoms with E-state index in [-0.39, 0.29) is 0 Å². The quantitative estimate of drug-likeness (QED) is 0.656. The van der Waals surface area contributed by atoms with Crippen molar-refractivity contribution in [3.05, 3.63) is 30.1 Å². The lowest BCUT2D eigenvalue weighted by molar-refractivity contribution is -0.431. The van der Waals surface area contributed by atoms with Crippen LogP contribution in [0.1, 0.15) is 5.56 Å². The molecule has 0 amide bonds. The molecule has 0 saturated carbocycles. The van der Waals surface area contributed by atoms with E-state index in [1.165, 1.54) is 11.8 Å². The fourth-order valence-corrected chi connectivity index (χ4v) is 1.82.